The molecule has 0 radical (unpaired) electrons. The number of rotatable bonds is 2. The lowest BCUT2D eigenvalue weighted by Gasteiger charge is -2.19. The van der Waals surface area contributed by atoms with Gasteiger partial charge in [0.05, 0.1) is 17.7 Å². The quantitative estimate of drug-likeness (QED) is 0.795. The van der Waals surface area contributed by atoms with Gasteiger partial charge in [0.1, 0.15) is 0 Å². The molecular formula is C18H18BrN3O2. The maximum Gasteiger partial charge on any atom is 0.256 e. The number of hydrogen-bond acceptors (Lipinski definition) is 3. The third-order valence-electron chi connectivity index (χ3n) is 4.64. The number of halogens is 1. The standard InChI is InChI=1S/C18H18BrN3O2/c1-11-8-15(14-9-13(19)4-5-16(14)20-11)18(24)22-7-6-21(10-22)17(23)12-2-3-12/h4-5,8-9,12H,2-3,6-7,10H2,1H3. The van der Waals surface area contributed by atoms with Gasteiger partial charge in [0.25, 0.3) is 5.91 Å². The molecule has 24 heavy (non-hydrogen) atoms. The first-order valence-corrected chi connectivity index (χ1v) is 8.97. The number of benzene rings is 1. The largest absolute Gasteiger partial charge is 0.323 e. The molecule has 124 valence electrons. The molecule has 1 saturated heterocycles. The third kappa shape index (κ3) is 2.79. The number of fused-ring (bicyclic) bond motifs is 1. The van der Waals surface area contributed by atoms with Crippen molar-refractivity contribution in [3.63, 3.8) is 0 Å². The summed E-state index contributed by atoms with van der Waals surface area (Å²) in [6.07, 6.45) is 1.98. The predicted molar refractivity (Wildman–Crippen MR) is 94.5 cm³/mol. The van der Waals surface area contributed by atoms with Crippen molar-refractivity contribution in [1.82, 2.24) is 14.8 Å². The van der Waals surface area contributed by atoms with E-state index in [2.05, 4.69) is 20.9 Å². The lowest BCUT2D eigenvalue weighted by molar-refractivity contribution is -0.131. The molecular weight excluding hydrogens is 370 g/mol. The van der Waals surface area contributed by atoms with E-state index in [9.17, 15) is 9.59 Å². The maximum atomic E-state index is 13.0. The van der Waals surface area contributed by atoms with Gasteiger partial charge in [-0.25, -0.2) is 0 Å². The van der Waals surface area contributed by atoms with Crippen molar-refractivity contribution in [3.05, 3.63) is 40.0 Å². The van der Waals surface area contributed by atoms with E-state index in [4.69, 9.17) is 0 Å². The Morgan fingerprint density at radius 2 is 1.92 bits per heavy atom. The maximum absolute atomic E-state index is 13.0. The smallest absolute Gasteiger partial charge is 0.256 e. The van der Waals surface area contributed by atoms with Gasteiger partial charge in [-0.3, -0.25) is 14.6 Å². The molecule has 2 amide bonds. The molecule has 0 spiro atoms. The van der Waals surface area contributed by atoms with Crippen LogP contribution in [0.1, 0.15) is 28.9 Å². The van der Waals surface area contributed by atoms with Gasteiger partial charge in [0, 0.05) is 34.6 Å². The average molecular weight is 388 g/mol. The summed E-state index contributed by atoms with van der Waals surface area (Å²) >= 11 is 3.46. The first-order chi connectivity index (χ1) is 11.5. The van der Waals surface area contributed by atoms with Crippen LogP contribution in [0.15, 0.2) is 28.7 Å². The second-order valence-electron chi connectivity index (χ2n) is 6.56. The monoisotopic (exact) mass is 387 g/mol. The van der Waals surface area contributed by atoms with Gasteiger partial charge in [0.2, 0.25) is 5.91 Å². The molecule has 1 aliphatic carbocycles. The summed E-state index contributed by atoms with van der Waals surface area (Å²) in [5.74, 6) is 0.360. The molecule has 6 heteroatoms. The molecule has 0 atom stereocenters. The van der Waals surface area contributed by atoms with Crippen molar-refractivity contribution in [1.29, 1.82) is 0 Å². The average Bonchev–Trinajstić information content (AvgIpc) is 3.30. The van der Waals surface area contributed by atoms with Crippen LogP contribution in [-0.2, 0) is 4.79 Å². The molecule has 4 rings (SSSR count). The number of pyridine rings is 1. The van der Waals surface area contributed by atoms with E-state index in [0.717, 1.165) is 33.9 Å². The van der Waals surface area contributed by atoms with Crippen LogP contribution in [0.4, 0.5) is 0 Å². The number of aromatic nitrogens is 1. The molecule has 2 aromatic rings. The Morgan fingerprint density at radius 1 is 1.17 bits per heavy atom. The van der Waals surface area contributed by atoms with Crippen molar-refractivity contribution in [2.24, 2.45) is 5.92 Å². The fourth-order valence-electron chi connectivity index (χ4n) is 3.20. The molecule has 0 bridgehead atoms. The van der Waals surface area contributed by atoms with Gasteiger partial charge in [0.15, 0.2) is 0 Å². The Kier molecular flexibility index (Phi) is 3.79. The zero-order valence-corrected chi connectivity index (χ0v) is 15.0. The highest BCUT2D eigenvalue weighted by Gasteiger charge is 2.37. The van der Waals surface area contributed by atoms with Crippen LogP contribution in [0.3, 0.4) is 0 Å². The van der Waals surface area contributed by atoms with Crippen LogP contribution < -0.4 is 0 Å². The summed E-state index contributed by atoms with van der Waals surface area (Å²) in [4.78, 5) is 33.3. The fourth-order valence-corrected chi connectivity index (χ4v) is 3.56. The predicted octanol–water partition coefficient (Wildman–Crippen LogP) is 2.96. The number of carbonyl (C=O) groups is 2. The Hall–Kier alpha value is -1.95. The van der Waals surface area contributed by atoms with Crippen molar-refractivity contribution < 1.29 is 9.59 Å². The Balaban J connectivity index is 1.63. The van der Waals surface area contributed by atoms with Crippen LogP contribution >= 0.6 is 15.9 Å². The van der Waals surface area contributed by atoms with E-state index in [0.29, 0.717) is 25.3 Å². The van der Waals surface area contributed by atoms with Crippen molar-refractivity contribution >= 4 is 38.6 Å². The molecule has 0 unspecified atom stereocenters. The minimum atomic E-state index is -0.0327. The molecule has 2 fully saturated rings. The molecule has 1 saturated carbocycles. The van der Waals surface area contributed by atoms with E-state index in [-0.39, 0.29) is 17.7 Å². The molecule has 1 aromatic carbocycles. The Morgan fingerprint density at radius 3 is 2.67 bits per heavy atom. The highest BCUT2D eigenvalue weighted by molar-refractivity contribution is 9.10. The second kappa shape index (κ2) is 5.84. The van der Waals surface area contributed by atoms with Gasteiger partial charge in [-0.2, -0.15) is 0 Å². The van der Waals surface area contributed by atoms with Crippen molar-refractivity contribution in [2.45, 2.75) is 19.8 Å². The summed E-state index contributed by atoms with van der Waals surface area (Å²) in [6, 6.07) is 7.60. The van der Waals surface area contributed by atoms with Gasteiger partial charge < -0.3 is 9.80 Å². The van der Waals surface area contributed by atoms with Crippen LogP contribution in [-0.4, -0.2) is 46.4 Å². The minimum Gasteiger partial charge on any atom is -0.323 e. The zero-order chi connectivity index (χ0) is 16.8. The van der Waals surface area contributed by atoms with Gasteiger partial charge in [-0.15, -0.1) is 0 Å². The SMILES string of the molecule is Cc1cc(C(=O)N2CCN(C(=O)C3CC3)C2)c2cc(Br)ccc2n1. The van der Waals surface area contributed by atoms with Crippen LogP contribution in [0.5, 0.6) is 0 Å². The van der Waals surface area contributed by atoms with Crippen LogP contribution in [0, 0.1) is 12.8 Å². The van der Waals surface area contributed by atoms with Gasteiger partial charge in [-0.1, -0.05) is 15.9 Å². The molecule has 1 aromatic heterocycles. The topological polar surface area (TPSA) is 53.5 Å². The number of aryl methyl sites for hydroxylation is 1. The summed E-state index contributed by atoms with van der Waals surface area (Å²) in [5, 5.41) is 0.840. The van der Waals surface area contributed by atoms with E-state index < -0.39 is 0 Å². The van der Waals surface area contributed by atoms with Gasteiger partial charge >= 0.3 is 0 Å². The first-order valence-electron chi connectivity index (χ1n) is 8.18. The van der Waals surface area contributed by atoms with Gasteiger partial charge in [-0.05, 0) is 44.0 Å². The summed E-state index contributed by atoms with van der Waals surface area (Å²) in [6.45, 7) is 3.51. The summed E-state index contributed by atoms with van der Waals surface area (Å²) < 4.78 is 0.918. The van der Waals surface area contributed by atoms with E-state index in [1.165, 1.54) is 0 Å². The molecule has 2 heterocycles. The fraction of sp³-hybridized carbons (Fsp3) is 0.389. The highest BCUT2D eigenvalue weighted by atomic mass is 79.9. The Bertz CT molecular complexity index is 848. The lowest BCUT2D eigenvalue weighted by Crippen LogP contribution is -2.34. The number of hydrogen-bond donors (Lipinski definition) is 0. The van der Waals surface area contributed by atoms with E-state index >= 15 is 0 Å². The summed E-state index contributed by atoms with van der Waals surface area (Å²) in [7, 11) is 0. The molecule has 5 nitrogen and oxygen atoms in total. The summed E-state index contributed by atoms with van der Waals surface area (Å²) in [5.41, 5.74) is 2.28. The third-order valence-corrected chi connectivity index (χ3v) is 5.13. The Labute approximate surface area is 148 Å². The molecule has 2 aliphatic rings. The van der Waals surface area contributed by atoms with Crippen molar-refractivity contribution in [3.8, 4) is 0 Å². The van der Waals surface area contributed by atoms with Crippen LogP contribution in [0.25, 0.3) is 10.9 Å². The zero-order valence-electron chi connectivity index (χ0n) is 13.5. The van der Waals surface area contributed by atoms with E-state index in [1.54, 1.807) is 4.90 Å². The van der Waals surface area contributed by atoms with Crippen LogP contribution in [0.2, 0.25) is 0 Å². The minimum absolute atomic E-state index is 0.0327. The molecule has 1 aliphatic heterocycles. The number of nitrogens with zero attached hydrogens (tertiary/aromatic N) is 3. The first kappa shape index (κ1) is 15.6. The molecule has 0 N–H and O–H groups in total. The number of carbonyl (C=O) groups excluding carboxylic acids is 2. The van der Waals surface area contributed by atoms with Crippen molar-refractivity contribution in [2.75, 3.05) is 19.8 Å². The second-order valence-corrected chi connectivity index (χ2v) is 7.47. The lowest BCUT2D eigenvalue weighted by atomic mass is 10.1. The highest BCUT2D eigenvalue weighted by Crippen LogP contribution is 2.32. The van der Waals surface area contributed by atoms with E-state index in [1.807, 2.05) is 36.1 Å². The normalized spacial score (nSPS) is 17.6. The number of amides is 2.